The van der Waals surface area contributed by atoms with Gasteiger partial charge < -0.3 is 9.84 Å². The van der Waals surface area contributed by atoms with E-state index in [0.717, 1.165) is 0 Å². The third kappa shape index (κ3) is 3.36. The summed E-state index contributed by atoms with van der Waals surface area (Å²) in [4.78, 5) is 24.3. The second-order valence-corrected chi connectivity index (χ2v) is 3.88. The summed E-state index contributed by atoms with van der Waals surface area (Å²) in [5.41, 5.74) is -3.38. The van der Waals surface area contributed by atoms with Crippen LogP contribution in [-0.2, 0) is 20.7 Å². The van der Waals surface area contributed by atoms with Gasteiger partial charge in [-0.25, -0.2) is 4.79 Å². The molecule has 1 aromatic rings. The zero-order valence-corrected chi connectivity index (χ0v) is 10.9. The number of hydrogen-bond acceptors (Lipinski definition) is 3. The van der Waals surface area contributed by atoms with Gasteiger partial charge in [-0.3, -0.25) is 9.69 Å². The molecule has 0 aliphatic heterocycles. The largest absolute Gasteiger partial charge is 0.474 e. The van der Waals surface area contributed by atoms with Crippen molar-refractivity contribution in [1.29, 1.82) is 0 Å². The number of carboxylic acid groups (broad SMARTS) is 1. The number of benzene rings is 1. The van der Waals surface area contributed by atoms with Crippen molar-refractivity contribution in [3.05, 3.63) is 29.3 Å². The van der Waals surface area contributed by atoms with E-state index in [4.69, 9.17) is 19.8 Å². The van der Waals surface area contributed by atoms with Crippen LogP contribution < -0.4 is 4.90 Å². The van der Waals surface area contributed by atoms with Crippen molar-refractivity contribution >= 4 is 17.6 Å². The van der Waals surface area contributed by atoms with Crippen molar-refractivity contribution in [3.63, 3.8) is 0 Å². The fourth-order valence-corrected chi connectivity index (χ4v) is 1.67. The second-order valence-electron chi connectivity index (χ2n) is 3.88. The van der Waals surface area contributed by atoms with Gasteiger partial charge in [-0.15, -0.1) is 0 Å². The number of para-hydroxylation sites is 1. The molecule has 0 aromatic heterocycles. The van der Waals surface area contributed by atoms with E-state index in [1.807, 2.05) is 0 Å². The summed E-state index contributed by atoms with van der Waals surface area (Å²) >= 11 is 0. The number of anilines is 1. The van der Waals surface area contributed by atoms with Gasteiger partial charge in [0.15, 0.2) is 0 Å². The van der Waals surface area contributed by atoms with Gasteiger partial charge in [0.1, 0.15) is 0 Å². The van der Waals surface area contributed by atoms with Gasteiger partial charge in [-0.1, -0.05) is 25.0 Å². The molecule has 0 spiro atoms. The highest BCUT2D eigenvalue weighted by Crippen LogP contribution is 2.28. The number of nitrogens with zero attached hydrogens (tertiary/aromatic N) is 1. The molecule has 1 atom stereocenters. The molecule has 1 unspecified atom stereocenters. The van der Waals surface area contributed by atoms with E-state index in [1.165, 1.54) is 14.0 Å². The monoisotopic (exact) mass is 290 g/mol. The van der Waals surface area contributed by atoms with Crippen molar-refractivity contribution in [2.45, 2.75) is 33.0 Å². The van der Waals surface area contributed by atoms with Crippen molar-refractivity contribution in [2.75, 3.05) is 18.6 Å². The summed E-state index contributed by atoms with van der Waals surface area (Å²) in [6, 6.07) is -4.59. The Kier molecular flexibility index (Phi) is 2.21. The highest BCUT2D eigenvalue weighted by atomic mass is 16.5. The van der Waals surface area contributed by atoms with Crippen molar-refractivity contribution in [1.82, 2.24) is 0 Å². The highest BCUT2D eigenvalue weighted by molar-refractivity contribution is 6.37. The van der Waals surface area contributed by atoms with E-state index in [2.05, 4.69) is 0 Å². The molecule has 110 valence electrons. The summed E-state index contributed by atoms with van der Waals surface area (Å²) in [6.07, 6.45) is -3.48. The van der Waals surface area contributed by atoms with Crippen LogP contribution in [0.15, 0.2) is 18.1 Å². The van der Waals surface area contributed by atoms with Crippen LogP contribution in [0.5, 0.6) is 0 Å². The lowest BCUT2D eigenvalue weighted by Gasteiger charge is -2.30. The summed E-state index contributed by atoms with van der Waals surface area (Å²) in [6.45, 7) is -5.94. The molecule has 1 N–H and O–H groups in total. The van der Waals surface area contributed by atoms with Crippen LogP contribution in [0.3, 0.4) is 0 Å². The number of carbonyl (C=O) groups is 2. The number of amides is 1. The van der Waals surface area contributed by atoms with Crippen molar-refractivity contribution in [2.24, 2.45) is 0 Å². The molecule has 20 heavy (non-hydrogen) atoms. The molecule has 0 aliphatic rings. The van der Waals surface area contributed by atoms with Crippen molar-refractivity contribution in [3.8, 4) is 0 Å². The van der Waals surface area contributed by atoms with Crippen LogP contribution in [0.4, 0.5) is 5.69 Å². The predicted octanol–water partition coefficient (Wildman–Crippen LogP) is 2.01. The van der Waals surface area contributed by atoms with Gasteiger partial charge >= 0.3 is 11.9 Å². The number of carbonyl (C=O) groups excluding carboxylic acids is 1. The quantitative estimate of drug-likeness (QED) is 0.842. The fourth-order valence-electron chi connectivity index (χ4n) is 1.67. The minimum absolute atomic E-state index is 0.294. The van der Waals surface area contributed by atoms with Gasteiger partial charge in [0.05, 0.1) is 22.4 Å². The molecule has 1 rings (SSSR count). The Balaban J connectivity index is 4.39. The predicted molar refractivity (Wildman–Crippen MR) is 77.0 cm³/mol. The van der Waals surface area contributed by atoms with Gasteiger partial charge in [0, 0.05) is 18.1 Å². The number of rotatable bonds is 5. The number of methoxy groups -OCH3 is 1. The third-order valence-electron chi connectivity index (χ3n) is 2.46. The van der Waals surface area contributed by atoms with E-state index in [1.54, 1.807) is 0 Å². The maximum atomic E-state index is 12.5. The van der Waals surface area contributed by atoms with E-state index in [9.17, 15) is 14.7 Å². The molecule has 0 saturated carbocycles. The molecule has 0 bridgehead atoms. The molecule has 1 amide bonds. The highest BCUT2D eigenvalue weighted by Gasteiger charge is 2.29. The molecule has 0 heterocycles. The van der Waals surface area contributed by atoms with Crippen LogP contribution in [-0.4, -0.2) is 36.7 Å². The van der Waals surface area contributed by atoms with E-state index >= 15 is 0 Å². The van der Waals surface area contributed by atoms with E-state index in [-0.39, 0.29) is 6.61 Å². The summed E-state index contributed by atoms with van der Waals surface area (Å²) in [5.74, 6) is -3.83. The van der Waals surface area contributed by atoms with Gasteiger partial charge in [0.25, 0.3) is 0 Å². The Hall–Kier alpha value is -1.88. The summed E-state index contributed by atoms with van der Waals surface area (Å²) < 4.78 is 90.9. The molecular formula is C15H21NO4. The molecule has 5 heteroatoms. The maximum absolute atomic E-state index is 12.5. The molecular weight excluding hydrogens is 258 g/mol. The Bertz CT molecular complexity index is 879. The lowest BCUT2D eigenvalue weighted by atomic mass is 10.0. The van der Waals surface area contributed by atoms with E-state index < -0.39 is 72.9 Å². The lowest BCUT2D eigenvalue weighted by molar-refractivity contribution is -0.149. The Morgan fingerprint density at radius 3 is 2.90 bits per heavy atom. The molecule has 0 fully saturated rings. The first kappa shape index (κ1) is 6.26. The number of aliphatic carboxylic acids is 1. The molecule has 0 radical (unpaired) electrons. The first-order valence-electron chi connectivity index (χ1n) is 11.0. The molecule has 5 nitrogen and oxygen atoms in total. The minimum atomic E-state index is -3.50. The first-order chi connectivity index (χ1) is 13.8. The second kappa shape index (κ2) is 7.05. The smallest absolute Gasteiger partial charge is 0.394 e. The Morgan fingerprint density at radius 1 is 1.60 bits per heavy atom. The lowest BCUT2D eigenvalue weighted by Crippen LogP contribution is -2.45. The standard InChI is InChI=1S/C15H21NO4/c1-5-12-8-6-7-10(2)13(12)16(11(3)9-20-4)14(17)15(18)19/h6-8,11H,5,9H2,1-4H3,(H,18,19)/i1D3,2D3,5D2,6D,7D,8D. The summed E-state index contributed by atoms with van der Waals surface area (Å²) in [7, 11) is 1.19. The fraction of sp³-hybridized carbons (Fsp3) is 0.467. The van der Waals surface area contributed by atoms with Gasteiger partial charge in [-0.2, -0.15) is 0 Å². The normalized spacial score (nSPS) is 22.0. The van der Waals surface area contributed by atoms with Crippen LogP contribution in [0.2, 0.25) is 0 Å². The summed E-state index contributed by atoms with van der Waals surface area (Å²) in [5, 5.41) is 9.26. The van der Waals surface area contributed by atoms with Crippen LogP contribution in [0, 0.1) is 6.85 Å². The average Bonchev–Trinajstić information content (AvgIpc) is 2.57. The number of ether oxygens (including phenoxy) is 1. The van der Waals surface area contributed by atoms with Crippen molar-refractivity contribution < 1.29 is 34.5 Å². The number of hydrogen-bond donors (Lipinski definition) is 1. The van der Waals surface area contributed by atoms with Crippen LogP contribution in [0.25, 0.3) is 0 Å². The van der Waals surface area contributed by atoms with Gasteiger partial charge in [-0.05, 0) is 31.3 Å². The third-order valence-corrected chi connectivity index (χ3v) is 2.46. The average molecular weight is 290 g/mol. The molecule has 0 aliphatic carbocycles. The first-order valence-corrected chi connectivity index (χ1v) is 5.52. The maximum Gasteiger partial charge on any atom is 0.394 e. The van der Waals surface area contributed by atoms with Crippen LogP contribution >= 0.6 is 0 Å². The Morgan fingerprint density at radius 2 is 2.35 bits per heavy atom. The molecule has 0 saturated heterocycles. The zero-order valence-electron chi connectivity index (χ0n) is 21.9. The van der Waals surface area contributed by atoms with Gasteiger partial charge in [0.2, 0.25) is 0 Å². The Labute approximate surface area is 134 Å². The van der Waals surface area contributed by atoms with Crippen LogP contribution in [0.1, 0.15) is 40.0 Å². The molecule has 1 aromatic carbocycles. The SMILES string of the molecule is [2H]c1c([2H])c(C([2H])([2H])[2H])c(N(C(=O)C(=O)O)C(C)COC)c(C([2H])([2H])C([2H])([2H])[2H])c1[2H]. The number of carboxylic acids is 1. The topological polar surface area (TPSA) is 66.8 Å². The minimum Gasteiger partial charge on any atom is -0.474 e. The zero-order chi connectivity index (χ0) is 24.7. The van der Waals surface area contributed by atoms with E-state index in [0.29, 0.717) is 4.90 Å².